The predicted molar refractivity (Wildman–Crippen MR) is 267 cm³/mol. The second-order valence-corrected chi connectivity index (χ2v) is 14.6. The monoisotopic (exact) mass is 798 g/mol. The lowest BCUT2D eigenvalue weighted by atomic mass is 9.93. The van der Waals surface area contributed by atoms with E-state index in [1.165, 1.54) is 93.8 Å². The number of rotatable bonds is 6. The lowest BCUT2D eigenvalue weighted by Gasteiger charge is -2.16. The molecule has 3 heterocycles. The molecule has 4 nitrogen and oxygen atoms in total. The molecule has 0 fully saturated rings. The molecule has 4 heteroatoms. The minimum absolute atomic E-state index is 0.839. The average molecular weight is 799 g/mol. The van der Waals surface area contributed by atoms with E-state index in [9.17, 15) is 0 Å². The molecular formula is C57H58N4. The topological polar surface area (TPSA) is 33.9 Å². The van der Waals surface area contributed by atoms with Crippen LogP contribution in [0.5, 0.6) is 0 Å². The van der Waals surface area contributed by atoms with E-state index in [4.69, 9.17) is 0 Å². The van der Waals surface area contributed by atoms with Crippen molar-refractivity contribution in [3.05, 3.63) is 199 Å². The van der Waals surface area contributed by atoms with Crippen LogP contribution in [0.2, 0.25) is 0 Å². The van der Waals surface area contributed by atoms with Crippen molar-refractivity contribution in [3.8, 4) is 27.9 Å². The first kappa shape index (κ1) is 42.3. The van der Waals surface area contributed by atoms with E-state index < -0.39 is 0 Å². The molecule has 61 heavy (non-hydrogen) atoms. The lowest BCUT2D eigenvalue weighted by molar-refractivity contribution is 0.678. The number of benzene rings is 7. The maximum Gasteiger partial charge on any atom is 0.0650 e. The largest absolute Gasteiger partial charge is 0.378 e. The van der Waals surface area contributed by atoms with Gasteiger partial charge in [0.2, 0.25) is 0 Å². The Kier molecular flexibility index (Phi) is 13.8. The smallest absolute Gasteiger partial charge is 0.0650 e. The quantitative estimate of drug-likeness (QED) is 0.164. The highest BCUT2D eigenvalue weighted by molar-refractivity contribution is 6.12. The zero-order valence-corrected chi connectivity index (χ0v) is 36.7. The molecule has 1 aliphatic heterocycles. The minimum atomic E-state index is 0.839. The number of para-hydroxylation sites is 3. The van der Waals surface area contributed by atoms with Crippen molar-refractivity contribution in [2.75, 3.05) is 13.2 Å². The minimum Gasteiger partial charge on any atom is -0.378 e. The molecule has 0 atom stereocenters. The molecule has 2 N–H and O–H groups in total. The average Bonchev–Trinajstić information content (AvgIpc) is 3.83. The summed E-state index contributed by atoms with van der Waals surface area (Å²) in [5, 5.41) is 11.7. The molecule has 0 aliphatic carbocycles. The molecule has 10 rings (SSSR count). The van der Waals surface area contributed by atoms with Gasteiger partial charge in [-0.05, 0) is 107 Å². The number of nitrogens with zero attached hydrogens (tertiary/aromatic N) is 2. The van der Waals surface area contributed by atoms with Gasteiger partial charge in [-0.3, -0.25) is 5.32 Å². The van der Waals surface area contributed by atoms with Crippen LogP contribution in [0, 0.1) is 0 Å². The third-order valence-electron chi connectivity index (χ3n) is 11.2. The summed E-state index contributed by atoms with van der Waals surface area (Å²) in [6, 6.07) is 59.1. The first-order valence-corrected chi connectivity index (χ1v) is 21.8. The normalized spacial score (nSPS) is 12.6. The van der Waals surface area contributed by atoms with E-state index in [1.54, 1.807) is 0 Å². The number of aryl methyl sites for hydroxylation is 1. The third-order valence-corrected chi connectivity index (χ3v) is 11.2. The fourth-order valence-corrected chi connectivity index (χ4v) is 8.41. The molecule has 2 aromatic heterocycles. The van der Waals surface area contributed by atoms with Crippen molar-refractivity contribution in [1.29, 1.82) is 0 Å². The highest BCUT2D eigenvalue weighted by Crippen LogP contribution is 2.37. The van der Waals surface area contributed by atoms with Crippen molar-refractivity contribution in [1.82, 2.24) is 19.8 Å². The van der Waals surface area contributed by atoms with Gasteiger partial charge < -0.3 is 14.5 Å². The standard InChI is InChI=1S/C31H22N2.C22H24N2.2C2H6/c1-32-28-13-7-5-11-24(28)26-19-21(15-17-29(26)32)22-16-18-31-27(20-22)25-12-6-8-14-30(25)33(31)23-9-3-2-4-10-23;1-3-7-17(4-2)21-8-5-6-9-22(21)19-12-10-18(11-13-19)20-14-23-16-24-15-20;2*1-2/h2-20H,1H3;3-14,23-24H,15-16H2,1-2H3;2*1-2H3/b;7-3-,17-4+;;. The fraction of sp³-hybridized carbons (Fsp3) is 0.158. The van der Waals surface area contributed by atoms with Crippen LogP contribution >= 0.6 is 0 Å². The van der Waals surface area contributed by atoms with E-state index >= 15 is 0 Å². The van der Waals surface area contributed by atoms with Gasteiger partial charge in [0.15, 0.2) is 0 Å². The lowest BCUT2D eigenvalue weighted by Crippen LogP contribution is -2.31. The Balaban J connectivity index is 0.000000178. The Hall–Kier alpha value is -6.88. The Morgan fingerprint density at radius 1 is 0.525 bits per heavy atom. The molecule has 0 spiro atoms. The summed E-state index contributed by atoms with van der Waals surface area (Å²) in [7, 11) is 2.15. The van der Waals surface area contributed by atoms with Gasteiger partial charge in [0.25, 0.3) is 0 Å². The van der Waals surface area contributed by atoms with Gasteiger partial charge in [-0.2, -0.15) is 0 Å². The number of allylic oxidation sites excluding steroid dienone is 4. The SMILES string of the molecule is C/C=C\C(=C/C)c1ccccc1-c1ccc(C2=CNCNC2)cc1.CC.CC.Cn1c2ccccc2c2cc(-c3ccc4c(c3)c3ccccc3n4-c3ccccc3)ccc21. The van der Waals surface area contributed by atoms with Crippen molar-refractivity contribution < 1.29 is 0 Å². The van der Waals surface area contributed by atoms with E-state index in [-0.39, 0.29) is 0 Å². The zero-order valence-electron chi connectivity index (χ0n) is 36.7. The van der Waals surface area contributed by atoms with Crippen LogP contribution in [0.1, 0.15) is 52.7 Å². The molecule has 9 aromatic rings. The highest BCUT2D eigenvalue weighted by atomic mass is 15.1. The maximum absolute atomic E-state index is 3.33. The number of nitrogens with one attached hydrogen (secondary N) is 2. The van der Waals surface area contributed by atoms with Crippen LogP contribution in [-0.2, 0) is 7.05 Å². The number of fused-ring (bicyclic) bond motifs is 6. The van der Waals surface area contributed by atoms with Gasteiger partial charge in [-0.25, -0.2) is 0 Å². The van der Waals surface area contributed by atoms with Gasteiger partial charge in [-0.15, -0.1) is 0 Å². The summed E-state index contributed by atoms with van der Waals surface area (Å²) in [4.78, 5) is 0. The first-order valence-electron chi connectivity index (χ1n) is 21.8. The van der Waals surface area contributed by atoms with Gasteiger partial charge in [0.05, 0.1) is 17.7 Å². The van der Waals surface area contributed by atoms with Crippen molar-refractivity contribution in [2.24, 2.45) is 7.05 Å². The second kappa shape index (κ2) is 19.9. The number of hydrogen-bond acceptors (Lipinski definition) is 2. The summed E-state index contributed by atoms with van der Waals surface area (Å²) < 4.78 is 4.65. The summed E-state index contributed by atoms with van der Waals surface area (Å²) in [6.45, 7) is 13.9. The summed E-state index contributed by atoms with van der Waals surface area (Å²) in [6.07, 6.45) is 8.52. The second-order valence-electron chi connectivity index (χ2n) is 14.6. The number of aromatic nitrogens is 2. The molecule has 0 unspecified atom stereocenters. The number of hydrogen-bond donors (Lipinski definition) is 2. The highest BCUT2D eigenvalue weighted by Gasteiger charge is 2.15. The van der Waals surface area contributed by atoms with Crippen molar-refractivity contribution >= 4 is 54.8 Å². The van der Waals surface area contributed by atoms with E-state index in [1.807, 2.05) is 27.7 Å². The molecule has 0 saturated carbocycles. The van der Waals surface area contributed by atoms with Gasteiger partial charge in [-0.1, -0.05) is 161 Å². The Labute approximate surface area is 362 Å². The van der Waals surface area contributed by atoms with E-state index in [0.717, 1.165) is 13.2 Å². The zero-order chi connectivity index (χ0) is 42.7. The molecule has 1 aliphatic rings. The Morgan fingerprint density at radius 3 is 1.70 bits per heavy atom. The van der Waals surface area contributed by atoms with E-state index in [0.29, 0.717) is 0 Å². The molecule has 7 aromatic carbocycles. The van der Waals surface area contributed by atoms with Crippen molar-refractivity contribution in [2.45, 2.75) is 41.5 Å². The van der Waals surface area contributed by atoms with Crippen LogP contribution in [0.15, 0.2) is 188 Å². The van der Waals surface area contributed by atoms with Crippen LogP contribution in [0.4, 0.5) is 0 Å². The molecule has 0 saturated heterocycles. The van der Waals surface area contributed by atoms with Gasteiger partial charge >= 0.3 is 0 Å². The molecule has 0 amide bonds. The van der Waals surface area contributed by atoms with Crippen LogP contribution in [0.3, 0.4) is 0 Å². The van der Waals surface area contributed by atoms with E-state index in [2.05, 4.69) is 229 Å². The predicted octanol–water partition coefficient (Wildman–Crippen LogP) is 15.0. The van der Waals surface area contributed by atoms with Gasteiger partial charge in [0.1, 0.15) is 0 Å². The Bertz CT molecular complexity index is 2970. The first-order chi connectivity index (χ1) is 30.1. The van der Waals surface area contributed by atoms with Crippen LogP contribution < -0.4 is 10.6 Å². The summed E-state index contributed by atoms with van der Waals surface area (Å²) in [5.41, 5.74) is 16.3. The van der Waals surface area contributed by atoms with Crippen LogP contribution in [-0.4, -0.2) is 22.3 Å². The summed E-state index contributed by atoms with van der Waals surface area (Å²) >= 11 is 0. The van der Waals surface area contributed by atoms with Crippen molar-refractivity contribution in [3.63, 3.8) is 0 Å². The third kappa shape index (κ3) is 8.59. The van der Waals surface area contributed by atoms with Crippen LogP contribution in [0.25, 0.3) is 82.7 Å². The summed E-state index contributed by atoms with van der Waals surface area (Å²) in [5.74, 6) is 0. The molecule has 0 bridgehead atoms. The maximum atomic E-state index is 3.33. The fourth-order valence-electron chi connectivity index (χ4n) is 8.41. The Morgan fingerprint density at radius 2 is 1.05 bits per heavy atom. The molecule has 0 radical (unpaired) electrons. The molecular weight excluding hydrogens is 741 g/mol. The van der Waals surface area contributed by atoms with Gasteiger partial charge in [0, 0.05) is 58.1 Å². The molecule has 306 valence electrons.